The minimum atomic E-state index is -3.81. The molecule has 0 unspecified atom stereocenters. The maximum atomic E-state index is 12.0. The van der Waals surface area contributed by atoms with Gasteiger partial charge >= 0.3 is 0 Å². The van der Waals surface area contributed by atoms with Gasteiger partial charge in [-0.2, -0.15) is 0 Å². The third kappa shape index (κ3) is 4.46. The van der Waals surface area contributed by atoms with Gasteiger partial charge in [0.2, 0.25) is 15.9 Å². The monoisotopic (exact) mass is 305 g/mol. The molecule has 0 bridgehead atoms. The molecule has 0 aliphatic carbocycles. The largest absolute Gasteiger partial charge is 0.355 e. The maximum Gasteiger partial charge on any atom is 0.242 e. The Morgan fingerprint density at radius 1 is 1.42 bits per heavy atom. The van der Waals surface area contributed by atoms with Gasteiger partial charge in [0, 0.05) is 13.1 Å². The first kappa shape index (κ1) is 15.9. The van der Waals surface area contributed by atoms with Crippen LogP contribution < -0.4 is 15.8 Å². The number of halogens is 1. The zero-order valence-electron chi connectivity index (χ0n) is 10.4. The highest BCUT2D eigenvalue weighted by atomic mass is 35.5. The van der Waals surface area contributed by atoms with Crippen molar-refractivity contribution in [2.75, 3.05) is 13.1 Å². The third-order valence-corrected chi connectivity index (χ3v) is 4.20. The second-order valence-electron chi connectivity index (χ2n) is 3.75. The highest BCUT2D eigenvalue weighted by molar-refractivity contribution is 7.89. The summed E-state index contributed by atoms with van der Waals surface area (Å²) in [5, 5.41) is 2.56. The van der Waals surface area contributed by atoms with E-state index in [0.717, 1.165) is 5.56 Å². The number of hydrogen-bond donors (Lipinski definition) is 3. The van der Waals surface area contributed by atoms with Crippen LogP contribution in [0.4, 0.5) is 0 Å². The minimum absolute atomic E-state index is 0.0735. The second-order valence-corrected chi connectivity index (χ2v) is 5.89. The molecule has 1 aromatic rings. The number of hydrogen-bond acceptors (Lipinski definition) is 4. The van der Waals surface area contributed by atoms with Gasteiger partial charge in [-0.05, 0) is 24.6 Å². The summed E-state index contributed by atoms with van der Waals surface area (Å²) in [6.45, 7) is 2.12. The molecular weight excluding hydrogens is 290 g/mol. The van der Waals surface area contributed by atoms with Gasteiger partial charge in [-0.3, -0.25) is 4.79 Å². The number of sulfonamides is 1. The van der Waals surface area contributed by atoms with Crippen LogP contribution >= 0.6 is 11.6 Å². The fourth-order valence-corrected chi connectivity index (χ4v) is 2.93. The standard InChI is InChI=1S/C11H16ClN3O3S/c1-2-14-11(16)7-15-19(17,18)10-4-3-8(6-13)5-9(10)12/h3-5,15H,2,6-7,13H2,1H3,(H,14,16). The van der Waals surface area contributed by atoms with E-state index in [9.17, 15) is 13.2 Å². The normalized spacial score (nSPS) is 11.3. The van der Waals surface area contributed by atoms with Crippen molar-refractivity contribution in [3.63, 3.8) is 0 Å². The summed E-state index contributed by atoms with van der Waals surface area (Å²) in [5.74, 6) is -0.402. The second kappa shape index (κ2) is 6.85. The van der Waals surface area contributed by atoms with Crippen LogP contribution in [0.25, 0.3) is 0 Å². The first-order valence-corrected chi connectivity index (χ1v) is 7.51. The Bertz CT molecular complexity index is 560. The van der Waals surface area contributed by atoms with Gasteiger partial charge in [0.25, 0.3) is 0 Å². The fraction of sp³-hybridized carbons (Fsp3) is 0.364. The Balaban J connectivity index is 2.86. The quantitative estimate of drug-likeness (QED) is 0.699. The minimum Gasteiger partial charge on any atom is -0.355 e. The summed E-state index contributed by atoms with van der Waals surface area (Å²) in [6.07, 6.45) is 0. The van der Waals surface area contributed by atoms with E-state index in [1.54, 1.807) is 13.0 Å². The lowest BCUT2D eigenvalue weighted by atomic mass is 10.2. The van der Waals surface area contributed by atoms with Crippen LogP contribution in [0, 0.1) is 0 Å². The number of benzene rings is 1. The van der Waals surface area contributed by atoms with E-state index in [1.807, 2.05) is 0 Å². The molecule has 0 aliphatic rings. The van der Waals surface area contributed by atoms with Crippen molar-refractivity contribution >= 4 is 27.5 Å². The van der Waals surface area contributed by atoms with Gasteiger partial charge < -0.3 is 11.1 Å². The summed E-state index contributed by atoms with van der Waals surface area (Å²) in [5.41, 5.74) is 6.16. The topological polar surface area (TPSA) is 101 Å². The highest BCUT2D eigenvalue weighted by Gasteiger charge is 2.18. The molecule has 19 heavy (non-hydrogen) atoms. The van der Waals surface area contributed by atoms with Crippen molar-refractivity contribution < 1.29 is 13.2 Å². The van der Waals surface area contributed by atoms with Gasteiger partial charge in [-0.1, -0.05) is 17.7 Å². The molecule has 0 aliphatic heterocycles. The number of carbonyl (C=O) groups is 1. The Kier molecular flexibility index (Phi) is 5.74. The molecule has 4 N–H and O–H groups in total. The molecule has 0 aromatic heterocycles. The van der Waals surface area contributed by atoms with Crippen LogP contribution in [0.15, 0.2) is 23.1 Å². The first-order chi connectivity index (χ1) is 8.90. The molecule has 0 spiro atoms. The first-order valence-electron chi connectivity index (χ1n) is 5.65. The molecule has 1 aromatic carbocycles. The van der Waals surface area contributed by atoms with E-state index in [1.165, 1.54) is 12.1 Å². The molecule has 0 heterocycles. The number of rotatable bonds is 6. The van der Waals surface area contributed by atoms with Crippen LogP contribution in [0.3, 0.4) is 0 Å². The molecule has 1 rings (SSSR count). The van der Waals surface area contributed by atoms with E-state index in [0.29, 0.717) is 6.54 Å². The van der Waals surface area contributed by atoms with Crippen LogP contribution in [-0.2, 0) is 21.4 Å². The zero-order valence-corrected chi connectivity index (χ0v) is 12.0. The summed E-state index contributed by atoms with van der Waals surface area (Å²) in [6, 6.07) is 4.43. The van der Waals surface area contributed by atoms with Crippen molar-refractivity contribution in [3.8, 4) is 0 Å². The predicted octanol–water partition coefficient (Wildman–Crippen LogP) is 0.213. The van der Waals surface area contributed by atoms with E-state index < -0.39 is 15.9 Å². The molecule has 0 saturated heterocycles. The van der Waals surface area contributed by atoms with Gasteiger partial charge in [-0.15, -0.1) is 0 Å². The van der Waals surface area contributed by atoms with E-state index in [-0.39, 0.29) is 23.0 Å². The van der Waals surface area contributed by atoms with Crippen LogP contribution in [0.1, 0.15) is 12.5 Å². The average molecular weight is 306 g/mol. The number of nitrogens with one attached hydrogen (secondary N) is 2. The van der Waals surface area contributed by atoms with Crippen molar-refractivity contribution in [2.24, 2.45) is 5.73 Å². The number of carbonyl (C=O) groups excluding carboxylic acids is 1. The average Bonchev–Trinajstić information content (AvgIpc) is 2.36. The van der Waals surface area contributed by atoms with E-state index in [4.69, 9.17) is 17.3 Å². The Morgan fingerprint density at radius 2 is 2.11 bits per heavy atom. The summed E-state index contributed by atoms with van der Waals surface area (Å²) in [4.78, 5) is 11.1. The van der Waals surface area contributed by atoms with Crippen LogP contribution in [0.5, 0.6) is 0 Å². The summed E-state index contributed by atoms with van der Waals surface area (Å²) >= 11 is 5.89. The lowest BCUT2D eigenvalue weighted by Gasteiger charge is -2.09. The van der Waals surface area contributed by atoms with Gasteiger partial charge in [0.15, 0.2) is 0 Å². The molecule has 0 radical (unpaired) electrons. The highest BCUT2D eigenvalue weighted by Crippen LogP contribution is 2.22. The SMILES string of the molecule is CCNC(=O)CNS(=O)(=O)c1ccc(CN)cc1Cl. The molecule has 0 atom stereocenters. The van der Waals surface area contributed by atoms with Gasteiger partial charge in [0.1, 0.15) is 4.90 Å². The van der Waals surface area contributed by atoms with Crippen molar-refractivity contribution in [2.45, 2.75) is 18.4 Å². The van der Waals surface area contributed by atoms with Crippen LogP contribution in [-0.4, -0.2) is 27.4 Å². The van der Waals surface area contributed by atoms with Crippen molar-refractivity contribution in [3.05, 3.63) is 28.8 Å². The molecular formula is C11H16ClN3O3S. The molecule has 6 nitrogen and oxygen atoms in total. The Labute approximate surface area is 117 Å². The third-order valence-electron chi connectivity index (χ3n) is 2.32. The Morgan fingerprint density at radius 3 is 2.63 bits per heavy atom. The summed E-state index contributed by atoms with van der Waals surface area (Å²) in [7, 11) is -3.81. The summed E-state index contributed by atoms with van der Waals surface area (Å²) < 4.78 is 26.1. The molecule has 106 valence electrons. The van der Waals surface area contributed by atoms with Crippen molar-refractivity contribution in [1.29, 1.82) is 0 Å². The molecule has 0 fully saturated rings. The molecule has 1 amide bonds. The maximum absolute atomic E-state index is 12.0. The predicted molar refractivity (Wildman–Crippen MR) is 73.2 cm³/mol. The fourth-order valence-electron chi connectivity index (χ4n) is 1.39. The lowest BCUT2D eigenvalue weighted by molar-refractivity contribution is -0.119. The van der Waals surface area contributed by atoms with Crippen molar-refractivity contribution in [1.82, 2.24) is 10.0 Å². The van der Waals surface area contributed by atoms with Gasteiger partial charge in [-0.25, -0.2) is 13.1 Å². The van der Waals surface area contributed by atoms with Gasteiger partial charge in [0.05, 0.1) is 11.6 Å². The lowest BCUT2D eigenvalue weighted by Crippen LogP contribution is -2.36. The number of amides is 1. The van der Waals surface area contributed by atoms with E-state index in [2.05, 4.69) is 10.0 Å². The zero-order chi connectivity index (χ0) is 14.5. The van der Waals surface area contributed by atoms with E-state index >= 15 is 0 Å². The Hall–Kier alpha value is -1.15. The smallest absolute Gasteiger partial charge is 0.242 e. The number of likely N-dealkylation sites (N-methyl/N-ethyl adjacent to an activating group) is 1. The number of nitrogens with two attached hydrogens (primary N) is 1. The van der Waals surface area contributed by atoms with Crippen LogP contribution in [0.2, 0.25) is 5.02 Å². The molecule has 8 heteroatoms. The molecule has 0 saturated carbocycles.